The van der Waals surface area contributed by atoms with Crippen LogP contribution >= 0.6 is 0 Å². The fourth-order valence-electron chi connectivity index (χ4n) is 2.28. The number of anilines is 1. The van der Waals surface area contributed by atoms with Crippen LogP contribution in [0.25, 0.3) is 0 Å². The number of rotatable bonds is 7. The largest absolute Gasteiger partial charge is 0.355 e. The van der Waals surface area contributed by atoms with Crippen molar-refractivity contribution in [3.63, 3.8) is 0 Å². The highest BCUT2D eigenvalue weighted by Gasteiger charge is 2.29. The van der Waals surface area contributed by atoms with Gasteiger partial charge in [-0.2, -0.15) is 5.10 Å². The molecule has 0 unspecified atom stereocenters. The van der Waals surface area contributed by atoms with Crippen molar-refractivity contribution < 1.29 is 0 Å². The van der Waals surface area contributed by atoms with Crippen LogP contribution in [0.15, 0.2) is 12.1 Å². The summed E-state index contributed by atoms with van der Waals surface area (Å²) in [4.78, 5) is 2.45. The maximum Gasteiger partial charge on any atom is 0.151 e. The smallest absolute Gasteiger partial charge is 0.151 e. The molecule has 1 aromatic heterocycles. The van der Waals surface area contributed by atoms with Crippen molar-refractivity contribution in [2.24, 2.45) is 11.8 Å². The average Bonchev–Trinajstić information content (AvgIpc) is 3.25. The molecular weight excluding hydrogens is 224 g/mol. The number of nitrogens with zero attached hydrogens (tertiary/aromatic N) is 3. The molecule has 2 saturated carbocycles. The first-order valence-electron chi connectivity index (χ1n) is 7.07. The summed E-state index contributed by atoms with van der Waals surface area (Å²) in [6.45, 7) is 3.14. The van der Waals surface area contributed by atoms with Gasteiger partial charge in [-0.25, -0.2) is 0 Å². The van der Waals surface area contributed by atoms with Gasteiger partial charge in [0.25, 0.3) is 0 Å². The van der Waals surface area contributed by atoms with Crippen LogP contribution in [-0.2, 0) is 6.54 Å². The summed E-state index contributed by atoms with van der Waals surface area (Å²) < 4.78 is 0. The van der Waals surface area contributed by atoms with E-state index in [0.717, 1.165) is 29.9 Å². The summed E-state index contributed by atoms with van der Waals surface area (Å²) in [5, 5.41) is 11.8. The highest BCUT2D eigenvalue weighted by atomic mass is 15.3. The predicted octanol–water partition coefficient (Wildman–Crippen LogP) is 1.82. The first-order valence-corrected chi connectivity index (χ1v) is 7.07. The van der Waals surface area contributed by atoms with E-state index in [1.807, 2.05) is 7.05 Å². The Labute approximate surface area is 109 Å². The highest BCUT2D eigenvalue weighted by molar-refractivity contribution is 5.38. The monoisotopic (exact) mass is 246 g/mol. The Hall–Kier alpha value is -1.16. The molecule has 1 aromatic rings. The Morgan fingerprint density at radius 3 is 2.22 bits per heavy atom. The van der Waals surface area contributed by atoms with E-state index in [4.69, 9.17) is 0 Å². The Kier molecular flexibility index (Phi) is 3.46. The van der Waals surface area contributed by atoms with Crippen molar-refractivity contribution in [1.29, 1.82) is 0 Å². The number of nitrogens with one attached hydrogen (secondary N) is 1. The first-order chi connectivity index (χ1) is 8.85. The minimum Gasteiger partial charge on any atom is -0.355 e. The summed E-state index contributed by atoms with van der Waals surface area (Å²) in [5.41, 5.74) is 1.01. The molecule has 98 valence electrons. The molecule has 0 atom stereocenters. The summed E-state index contributed by atoms with van der Waals surface area (Å²) >= 11 is 0. The van der Waals surface area contributed by atoms with Gasteiger partial charge in [0, 0.05) is 19.6 Å². The number of hydrogen-bond acceptors (Lipinski definition) is 4. The van der Waals surface area contributed by atoms with Crippen LogP contribution in [0.2, 0.25) is 0 Å². The van der Waals surface area contributed by atoms with Gasteiger partial charge in [-0.1, -0.05) is 0 Å². The van der Waals surface area contributed by atoms with Crippen LogP contribution in [0.5, 0.6) is 0 Å². The maximum absolute atomic E-state index is 4.40. The van der Waals surface area contributed by atoms with Gasteiger partial charge in [0.2, 0.25) is 0 Å². The van der Waals surface area contributed by atoms with Crippen LogP contribution in [0, 0.1) is 11.8 Å². The molecular formula is C14H22N4. The van der Waals surface area contributed by atoms with Crippen molar-refractivity contribution in [3.8, 4) is 0 Å². The van der Waals surface area contributed by atoms with E-state index in [9.17, 15) is 0 Å². The molecule has 2 fully saturated rings. The van der Waals surface area contributed by atoms with E-state index < -0.39 is 0 Å². The van der Waals surface area contributed by atoms with E-state index in [1.165, 1.54) is 38.8 Å². The van der Waals surface area contributed by atoms with E-state index >= 15 is 0 Å². The SMILES string of the molecule is CNCc1ccc(N(CC2CC2)CC2CC2)nn1. The molecule has 1 heterocycles. The zero-order chi connectivity index (χ0) is 12.4. The maximum atomic E-state index is 4.40. The summed E-state index contributed by atoms with van der Waals surface area (Å²) in [7, 11) is 1.93. The molecule has 0 aliphatic heterocycles. The van der Waals surface area contributed by atoms with Gasteiger partial charge < -0.3 is 10.2 Å². The van der Waals surface area contributed by atoms with Gasteiger partial charge in [-0.15, -0.1) is 5.10 Å². The molecule has 0 bridgehead atoms. The number of hydrogen-bond donors (Lipinski definition) is 1. The topological polar surface area (TPSA) is 41.0 Å². The Bertz CT molecular complexity index is 367. The van der Waals surface area contributed by atoms with Crippen LogP contribution < -0.4 is 10.2 Å². The molecule has 4 nitrogen and oxygen atoms in total. The third-order valence-corrected chi connectivity index (χ3v) is 3.74. The number of aromatic nitrogens is 2. The van der Waals surface area contributed by atoms with Crippen LogP contribution in [0.1, 0.15) is 31.4 Å². The van der Waals surface area contributed by atoms with Crippen LogP contribution in [0.4, 0.5) is 5.82 Å². The Morgan fingerprint density at radius 2 is 1.78 bits per heavy atom. The van der Waals surface area contributed by atoms with Gasteiger partial charge in [-0.05, 0) is 56.7 Å². The van der Waals surface area contributed by atoms with Crippen molar-refractivity contribution in [3.05, 3.63) is 17.8 Å². The molecule has 1 N–H and O–H groups in total. The fourth-order valence-corrected chi connectivity index (χ4v) is 2.28. The van der Waals surface area contributed by atoms with Gasteiger partial charge >= 0.3 is 0 Å². The molecule has 2 aliphatic rings. The second kappa shape index (κ2) is 5.22. The molecule has 0 radical (unpaired) electrons. The standard InChI is InChI=1S/C14H22N4/c1-15-8-13-6-7-14(17-16-13)18(9-11-2-3-11)10-12-4-5-12/h6-7,11-12,15H,2-5,8-10H2,1H3. The van der Waals surface area contributed by atoms with Gasteiger partial charge in [0.05, 0.1) is 5.69 Å². The summed E-state index contributed by atoms with van der Waals surface area (Å²) in [6.07, 6.45) is 5.58. The fraction of sp³-hybridized carbons (Fsp3) is 0.714. The quantitative estimate of drug-likeness (QED) is 0.797. The van der Waals surface area contributed by atoms with E-state index in [-0.39, 0.29) is 0 Å². The first kappa shape index (κ1) is 11.9. The predicted molar refractivity (Wildman–Crippen MR) is 72.5 cm³/mol. The summed E-state index contributed by atoms with van der Waals surface area (Å²) in [5.74, 6) is 2.87. The van der Waals surface area contributed by atoms with Crippen molar-refractivity contribution in [2.75, 3.05) is 25.0 Å². The van der Waals surface area contributed by atoms with Gasteiger partial charge in [0.15, 0.2) is 5.82 Å². The second-order valence-corrected chi connectivity index (χ2v) is 5.70. The lowest BCUT2D eigenvalue weighted by Gasteiger charge is -2.23. The molecule has 0 saturated heterocycles. The van der Waals surface area contributed by atoms with Gasteiger partial charge in [0.1, 0.15) is 0 Å². The van der Waals surface area contributed by atoms with Crippen molar-refractivity contribution >= 4 is 5.82 Å². The Morgan fingerprint density at radius 1 is 1.11 bits per heavy atom. The van der Waals surface area contributed by atoms with E-state index in [2.05, 4.69) is 32.5 Å². The van der Waals surface area contributed by atoms with Crippen LogP contribution in [-0.4, -0.2) is 30.3 Å². The molecule has 0 spiro atoms. The molecule has 18 heavy (non-hydrogen) atoms. The highest BCUT2D eigenvalue weighted by Crippen LogP contribution is 2.35. The lowest BCUT2D eigenvalue weighted by molar-refractivity contribution is 0.662. The molecule has 3 rings (SSSR count). The van der Waals surface area contributed by atoms with Crippen molar-refractivity contribution in [2.45, 2.75) is 32.2 Å². The normalized spacial score (nSPS) is 18.9. The zero-order valence-corrected chi connectivity index (χ0v) is 11.1. The van der Waals surface area contributed by atoms with Crippen LogP contribution in [0.3, 0.4) is 0 Å². The lowest BCUT2D eigenvalue weighted by Crippen LogP contribution is -2.29. The van der Waals surface area contributed by atoms with E-state index in [0.29, 0.717) is 0 Å². The second-order valence-electron chi connectivity index (χ2n) is 5.70. The zero-order valence-electron chi connectivity index (χ0n) is 11.1. The Balaban J connectivity index is 1.66. The van der Waals surface area contributed by atoms with E-state index in [1.54, 1.807) is 0 Å². The molecule has 2 aliphatic carbocycles. The molecule has 4 heteroatoms. The lowest BCUT2D eigenvalue weighted by atomic mass is 10.3. The van der Waals surface area contributed by atoms with Crippen molar-refractivity contribution in [1.82, 2.24) is 15.5 Å². The minimum atomic E-state index is 0.790. The third-order valence-electron chi connectivity index (χ3n) is 3.74. The molecule has 0 amide bonds. The van der Waals surface area contributed by atoms with Gasteiger partial charge in [-0.3, -0.25) is 0 Å². The molecule has 0 aromatic carbocycles. The minimum absolute atomic E-state index is 0.790. The average molecular weight is 246 g/mol. The summed E-state index contributed by atoms with van der Waals surface area (Å²) in [6, 6.07) is 4.22. The third kappa shape index (κ3) is 3.19.